The lowest BCUT2D eigenvalue weighted by molar-refractivity contribution is 0.109. The van der Waals surface area contributed by atoms with E-state index >= 15 is 0 Å². The summed E-state index contributed by atoms with van der Waals surface area (Å²) in [7, 11) is 0. The Morgan fingerprint density at radius 1 is 1.29 bits per heavy atom. The van der Waals surface area contributed by atoms with E-state index in [1.54, 1.807) is 6.20 Å². The number of nitrogens with zero attached hydrogens (tertiary/aromatic N) is 3. The van der Waals surface area contributed by atoms with Crippen molar-refractivity contribution in [2.24, 2.45) is 0 Å². The zero-order valence-corrected chi connectivity index (χ0v) is 12.5. The van der Waals surface area contributed by atoms with Crippen LogP contribution in [0.15, 0.2) is 18.5 Å². The molecule has 0 saturated heterocycles. The molecule has 21 heavy (non-hydrogen) atoms. The lowest BCUT2D eigenvalue weighted by atomic mass is 10.1. The van der Waals surface area contributed by atoms with Crippen LogP contribution in [0.3, 0.4) is 0 Å². The van der Waals surface area contributed by atoms with Gasteiger partial charge in [0.2, 0.25) is 0 Å². The van der Waals surface area contributed by atoms with Crippen LogP contribution in [0.5, 0.6) is 0 Å². The molecule has 0 aromatic carbocycles. The van der Waals surface area contributed by atoms with Gasteiger partial charge in [0.15, 0.2) is 5.82 Å². The van der Waals surface area contributed by atoms with E-state index in [0.29, 0.717) is 6.61 Å². The molecule has 0 saturated carbocycles. The van der Waals surface area contributed by atoms with Gasteiger partial charge in [0, 0.05) is 36.5 Å². The van der Waals surface area contributed by atoms with Gasteiger partial charge in [0.05, 0.1) is 18.9 Å². The third-order valence-electron chi connectivity index (χ3n) is 3.69. The number of hydrogen-bond donors (Lipinski definition) is 1. The number of aryl methyl sites for hydroxylation is 1. The molecule has 1 aliphatic rings. The Hall–Kier alpha value is -2.01. The second-order valence-corrected chi connectivity index (χ2v) is 5.04. The second kappa shape index (κ2) is 6.18. The molecule has 0 atom stereocenters. The number of anilines is 1. The third-order valence-corrected chi connectivity index (χ3v) is 3.69. The Morgan fingerprint density at radius 2 is 2.19 bits per heavy atom. The average molecular weight is 284 g/mol. The van der Waals surface area contributed by atoms with Gasteiger partial charge in [0.1, 0.15) is 5.82 Å². The fourth-order valence-electron chi connectivity index (χ4n) is 2.59. The quantitative estimate of drug-likeness (QED) is 0.935. The highest BCUT2D eigenvalue weighted by atomic mass is 16.5. The third kappa shape index (κ3) is 2.74. The molecule has 110 valence electrons. The highest BCUT2D eigenvalue weighted by Gasteiger charge is 2.19. The van der Waals surface area contributed by atoms with Crippen LogP contribution in [0.2, 0.25) is 0 Å². The first-order valence-corrected chi connectivity index (χ1v) is 7.48. The number of aromatic nitrogens is 3. The Morgan fingerprint density at radius 3 is 3.00 bits per heavy atom. The molecule has 3 heterocycles. The Labute approximate surface area is 124 Å². The van der Waals surface area contributed by atoms with Crippen molar-refractivity contribution in [2.45, 2.75) is 33.3 Å². The summed E-state index contributed by atoms with van der Waals surface area (Å²) >= 11 is 0. The van der Waals surface area contributed by atoms with Crippen molar-refractivity contribution in [1.29, 1.82) is 0 Å². The van der Waals surface area contributed by atoms with Crippen molar-refractivity contribution >= 4 is 5.82 Å². The number of rotatable bonds is 4. The van der Waals surface area contributed by atoms with Gasteiger partial charge in [0.25, 0.3) is 0 Å². The summed E-state index contributed by atoms with van der Waals surface area (Å²) in [5.74, 6) is 1.68. The highest BCUT2D eigenvalue weighted by molar-refractivity contribution is 5.63. The van der Waals surface area contributed by atoms with E-state index in [2.05, 4.69) is 24.1 Å². The summed E-state index contributed by atoms with van der Waals surface area (Å²) in [5, 5.41) is 3.34. The van der Waals surface area contributed by atoms with Gasteiger partial charge < -0.3 is 10.1 Å². The summed E-state index contributed by atoms with van der Waals surface area (Å²) in [6.45, 7) is 6.35. The molecule has 0 bridgehead atoms. The van der Waals surface area contributed by atoms with Crippen LogP contribution < -0.4 is 5.32 Å². The van der Waals surface area contributed by atoms with Crippen molar-refractivity contribution < 1.29 is 4.74 Å². The highest BCUT2D eigenvalue weighted by Crippen LogP contribution is 2.27. The zero-order chi connectivity index (χ0) is 14.7. The standard InChI is InChI=1S/C16H20N4O/c1-3-11-9-17-7-5-12(11)16-19-14-6-8-21-10-13(14)15(20-16)18-4-2/h5,7,9H,3-4,6,8,10H2,1-2H3,(H,18,19,20). The van der Waals surface area contributed by atoms with Crippen LogP contribution >= 0.6 is 0 Å². The van der Waals surface area contributed by atoms with E-state index in [4.69, 9.17) is 14.7 Å². The molecule has 5 heteroatoms. The molecule has 0 amide bonds. The Kier molecular flexibility index (Phi) is 4.10. The maximum absolute atomic E-state index is 5.54. The fourth-order valence-corrected chi connectivity index (χ4v) is 2.59. The van der Waals surface area contributed by atoms with E-state index < -0.39 is 0 Å². The minimum absolute atomic E-state index is 0.592. The van der Waals surface area contributed by atoms with Crippen LogP contribution in [0.25, 0.3) is 11.4 Å². The van der Waals surface area contributed by atoms with Crippen LogP contribution in [-0.2, 0) is 24.2 Å². The SMILES string of the molecule is CCNc1nc(-c2ccncc2CC)nc2c1COCC2. The molecule has 0 unspecified atom stereocenters. The zero-order valence-electron chi connectivity index (χ0n) is 12.5. The average Bonchev–Trinajstić information content (AvgIpc) is 2.55. The molecule has 0 spiro atoms. The number of ether oxygens (including phenoxy) is 1. The summed E-state index contributed by atoms with van der Waals surface area (Å²) in [6.07, 6.45) is 5.46. The molecule has 0 fully saturated rings. The van der Waals surface area contributed by atoms with Gasteiger partial charge in [-0.1, -0.05) is 6.92 Å². The van der Waals surface area contributed by atoms with Gasteiger partial charge in [-0.05, 0) is 25.0 Å². The summed E-state index contributed by atoms with van der Waals surface area (Å²) < 4.78 is 5.54. The first-order valence-electron chi connectivity index (χ1n) is 7.48. The largest absolute Gasteiger partial charge is 0.376 e. The van der Waals surface area contributed by atoms with E-state index in [0.717, 1.165) is 54.5 Å². The van der Waals surface area contributed by atoms with Crippen LogP contribution in [-0.4, -0.2) is 28.1 Å². The maximum atomic E-state index is 5.54. The molecule has 0 radical (unpaired) electrons. The first-order chi connectivity index (χ1) is 10.3. The van der Waals surface area contributed by atoms with E-state index in [1.165, 1.54) is 5.56 Å². The molecule has 2 aromatic rings. The molecule has 1 aliphatic heterocycles. The number of fused-ring (bicyclic) bond motifs is 1. The topological polar surface area (TPSA) is 59.9 Å². The molecule has 1 N–H and O–H groups in total. The van der Waals surface area contributed by atoms with Gasteiger partial charge >= 0.3 is 0 Å². The summed E-state index contributed by atoms with van der Waals surface area (Å²) in [5.41, 5.74) is 4.44. The fraction of sp³-hybridized carbons (Fsp3) is 0.438. The predicted octanol–water partition coefficient (Wildman–Crippen LogP) is 2.61. The van der Waals surface area contributed by atoms with Crippen molar-refractivity contribution in [1.82, 2.24) is 15.0 Å². The minimum Gasteiger partial charge on any atom is -0.376 e. The van der Waals surface area contributed by atoms with E-state index in [9.17, 15) is 0 Å². The van der Waals surface area contributed by atoms with Crippen molar-refractivity contribution in [3.05, 3.63) is 35.3 Å². The molecular formula is C16H20N4O. The van der Waals surface area contributed by atoms with Crippen LogP contribution in [0.4, 0.5) is 5.82 Å². The predicted molar refractivity (Wildman–Crippen MR) is 82.2 cm³/mol. The summed E-state index contributed by atoms with van der Waals surface area (Å²) in [6, 6.07) is 2.00. The lowest BCUT2D eigenvalue weighted by Crippen LogP contribution is -2.17. The van der Waals surface area contributed by atoms with Gasteiger partial charge in [-0.3, -0.25) is 4.98 Å². The lowest BCUT2D eigenvalue weighted by Gasteiger charge is -2.20. The number of nitrogens with one attached hydrogen (secondary N) is 1. The van der Waals surface area contributed by atoms with Crippen molar-refractivity contribution in [2.75, 3.05) is 18.5 Å². The first kappa shape index (κ1) is 13.9. The normalized spacial score (nSPS) is 13.8. The molecule has 2 aromatic heterocycles. The smallest absolute Gasteiger partial charge is 0.162 e. The van der Waals surface area contributed by atoms with Crippen LogP contribution in [0, 0.1) is 0 Å². The molecule has 0 aliphatic carbocycles. The second-order valence-electron chi connectivity index (χ2n) is 5.04. The van der Waals surface area contributed by atoms with E-state index in [-0.39, 0.29) is 0 Å². The monoisotopic (exact) mass is 284 g/mol. The van der Waals surface area contributed by atoms with Gasteiger partial charge in [-0.15, -0.1) is 0 Å². The minimum atomic E-state index is 0.592. The van der Waals surface area contributed by atoms with Gasteiger partial charge in [-0.25, -0.2) is 9.97 Å². The number of hydrogen-bond acceptors (Lipinski definition) is 5. The molecule has 3 rings (SSSR count). The Balaban J connectivity index is 2.12. The number of pyridine rings is 1. The molecule has 5 nitrogen and oxygen atoms in total. The molecular weight excluding hydrogens is 264 g/mol. The van der Waals surface area contributed by atoms with Crippen LogP contribution in [0.1, 0.15) is 30.7 Å². The van der Waals surface area contributed by atoms with Gasteiger partial charge in [-0.2, -0.15) is 0 Å². The summed E-state index contributed by atoms with van der Waals surface area (Å²) in [4.78, 5) is 13.7. The van der Waals surface area contributed by atoms with Crippen molar-refractivity contribution in [3.8, 4) is 11.4 Å². The Bertz CT molecular complexity index is 642. The van der Waals surface area contributed by atoms with E-state index in [1.807, 2.05) is 12.3 Å². The maximum Gasteiger partial charge on any atom is 0.162 e. The van der Waals surface area contributed by atoms with Crippen molar-refractivity contribution in [3.63, 3.8) is 0 Å².